The minimum Gasteiger partial charge on any atom is -0.492 e. The average Bonchev–Trinajstić information content (AvgIpc) is 2.56. The normalized spacial score (nSPS) is 12.2. The molecule has 160 valence electrons. The number of hydrogen-bond acceptors (Lipinski definition) is 2. The van der Waals surface area contributed by atoms with Gasteiger partial charge in [0, 0.05) is 6.42 Å². The summed E-state index contributed by atoms with van der Waals surface area (Å²) in [5, 5.41) is 0. The van der Waals surface area contributed by atoms with Gasteiger partial charge in [-0.2, -0.15) is 0 Å². The predicted molar refractivity (Wildman–Crippen MR) is 131 cm³/mol. The summed E-state index contributed by atoms with van der Waals surface area (Å²) in [4.78, 5) is 0. The number of hydrogen-bond donors (Lipinski definition) is 0. The van der Waals surface area contributed by atoms with Gasteiger partial charge >= 0.3 is 0 Å². The van der Waals surface area contributed by atoms with Crippen LogP contribution in [0, 0.1) is 13.8 Å². The van der Waals surface area contributed by atoms with Crippen LogP contribution in [0.3, 0.4) is 0 Å². The zero-order chi connectivity index (χ0) is 22.0. The maximum absolute atomic E-state index is 6.06. The topological polar surface area (TPSA) is 18.5 Å². The molecule has 0 bridgehead atoms. The van der Waals surface area contributed by atoms with E-state index in [9.17, 15) is 0 Å². The Morgan fingerprint density at radius 1 is 0.655 bits per heavy atom. The first-order valence-electron chi connectivity index (χ1n) is 10.2. The Balaban J connectivity index is 1.94. The highest BCUT2D eigenvalue weighted by atomic mass is 79.9. The molecule has 0 amide bonds. The van der Waals surface area contributed by atoms with Crippen molar-refractivity contribution >= 4 is 31.9 Å². The highest BCUT2D eigenvalue weighted by molar-refractivity contribution is 9.10. The maximum atomic E-state index is 6.06. The molecule has 0 aliphatic heterocycles. The molecule has 2 aromatic rings. The van der Waals surface area contributed by atoms with Gasteiger partial charge in [0.15, 0.2) is 0 Å². The molecule has 2 rings (SSSR count). The Bertz CT molecular complexity index is 741. The van der Waals surface area contributed by atoms with Crippen LogP contribution >= 0.6 is 31.9 Å². The van der Waals surface area contributed by atoms with Gasteiger partial charge < -0.3 is 9.47 Å². The molecule has 2 aromatic carbocycles. The molecule has 0 unspecified atom stereocenters. The molecule has 29 heavy (non-hydrogen) atoms. The number of halogens is 2. The van der Waals surface area contributed by atoms with Crippen LogP contribution in [-0.2, 0) is 10.8 Å². The molecule has 0 aliphatic carbocycles. The highest BCUT2D eigenvalue weighted by Gasteiger charge is 2.18. The lowest BCUT2D eigenvalue weighted by Crippen LogP contribution is -2.13. The number of benzene rings is 2. The maximum Gasteiger partial charge on any atom is 0.136 e. The van der Waals surface area contributed by atoms with E-state index in [0.29, 0.717) is 13.2 Å². The first-order chi connectivity index (χ1) is 13.3. The number of ether oxygens (including phenoxy) is 2. The van der Waals surface area contributed by atoms with E-state index in [2.05, 4.69) is 112 Å². The standard InChI is InChI=1S/C25H34Br2O2/c1-16-12-18(24(3,4)5)14-20(26)22(16)28-10-9-11-29-23-17(2)13-19(15-21(23)27)25(6,7)8/h12-15H,9-11H2,1-8H3. The van der Waals surface area contributed by atoms with Gasteiger partial charge in [-0.15, -0.1) is 0 Å². The smallest absolute Gasteiger partial charge is 0.136 e. The molecule has 0 fully saturated rings. The molecule has 4 heteroatoms. The number of rotatable bonds is 6. The van der Waals surface area contributed by atoms with Gasteiger partial charge in [0.2, 0.25) is 0 Å². The van der Waals surface area contributed by atoms with Crippen molar-refractivity contribution < 1.29 is 9.47 Å². The Kier molecular flexibility index (Phi) is 7.89. The second-order valence-corrected chi connectivity index (χ2v) is 11.5. The van der Waals surface area contributed by atoms with Crippen molar-refractivity contribution in [2.75, 3.05) is 13.2 Å². The largest absolute Gasteiger partial charge is 0.492 e. The van der Waals surface area contributed by atoms with Crippen molar-refractivity contribution in [2.45, 2.75) is 72.6 Å². The zero-order valence-electron chi connectivity index (χ0n) is 19.0. The first kappa shape index (κ1) is 24.3. The van der Waals surface area contributed by atoms with Gasteiger partial charge in [-0.05, 0) is 90.9 Å². The third-order valence-corrected chi connectivity index (χ3v) is 6.15. The Labute approximate surface area is 193 Å². The molecule has 0 saturated carbocycles. The zero-order valence-corrected chi connectivity index (χ0v) is 22.2. The quantitative estimate of drug-likeness (QED) is 0.353. The van der Waals surface area contributed by atoms with Crippen molar-refractivity contribution in [3.8, 4) is 11.5 Å². The van der Waals surface area contributed by atoms with E-state index in [0.717, 1.165) is 38.0 Å². The summed E-state index contributed by atoms with van der Waals surface area (Å²) in [6.07, 6.45) is 0.819. The summed E-state index contributed by atoms with van der Waals surface area (Å²) in [6.45, 7) is 18.8. The summed E-state index contributed by atoms with van der Waals surface area (Å²) in [6, 6.07) is 8.76. The lowest BCUT2D eigenvalue weighted by Gasteiger charge is -2.22. The lowest BCUT2D eigenvalue weighted by molar-refractivity contribution is 0.244. The van der Waals surface area contributed by atoms with Crippen molar-refractivity contribution in [3.05, 3.63) is 55.5 Å². The highest BCUT2D eigenvalue weighted by Crippen LogP contribution is 2.36. The van der Waals surface area contributed by atoms with Crippen LogP contribution in [-0.4, -0.2) is 13.2 Å². The first-order valence-corrected chi connectivity index (χ1v) is 11.8. The van der Waals surface area contributed by atoms with Gasteiger partial charge in [0.05, 0.1) is 22.2 Å². The van der Waals surface area contributed by atoms with Crippen molar-refractivity contribution in [1.82, 2.24) is 0 Å². The second kappa shape index (κ2) is 9.43. The molecule has 0 atom stereocenters. The van der Waals surface area contributed by atoms with Gasteiger partial charge in [-0.3, -0.25) is 0 Å². The number of aryl methyl sites for hydroxylation is 2. The fourth-order valence-electron chi connectivity index (χ4n) is 3.10. The van der Waals surface area contributed by atoms with Crippen LogP contribution in [0.2, 0.25) is 0 Å². The Morgan fingerprint density at radius 3 is 1.28 bits per heavy atom. The van der Waals surface area contributed by atoms with Crippen LogP contribution in [0.15, 0.2) is 33.2 Å². The van der Waals surface area contributed by atoms with Gasteiger partial charge in [0.1, 0.15) is 11.5 Å². The Hall–Kier alpha value is -1.000. The van der Waals surface area contributed by atoms with Crippen LogP contribution in [0.4, 0.5) is 0 Å². The minimum absolute atomic E-state index is 0.118. The molecule has 0 heterocycles. The molecule has 0 N–H and O–H groups in total. The van der Waals surface area contributed by atoms with Gasteiger partial charge in [-0.1, -0.05) is 53.7 Å². The predicted octanol–water partition coefficient (Wildman–Crippen LogP) is 8.27. The van der Waals surface area contributed by atoms with Crippen molar-refractivity contribution in [1.29, 1.82) is 0 Å². The molecule has 2 nitrogen and oxygen atoms in total. The summed E-state index contributed by atoms with van der Waals surface area (Å²) >= 11 is 7.35. The summed E-state index contributed by atoms with van der Waals surface area (Å²) in [5.41, 5.74) is 5.15. The molecule has 0 aromatic heterocycles. The minimum atomic E-state index is 0.118. The fourth-order valence-corrected chi connectivity index (χ4v) is 4.45. The van der Waals surface area contributed by atoms with E-state index >= 15 is 0 Å². The lowest BCUT2D eigenvalue weighted by atomic mass is 9.86. The van der Waals surface area contributed by atoms with E-state index in [1.165, 1.54) is 11.1 Å². The third kappa shape index (κ3) is 6.49. The van der Waals surface area contributed by atoms with Gasteiger partial charge in [-0.25, -0.2) is 0 Å². The third-order valence-electron chi connectivity index (χ3n) is 4.97. The van der Waals surface area contributed by atoms with E-state index < -0.39 is 0 Å². The molecule has 0 radical (unpaired) electrons. The summed E-state index contributed by atoms with van der Waals surface area (Å²) in [5.74, 6) is 1.84. The SMILES string of the molecule is Cc1cc(C(C)(C)C)cc(Br)c1OCCCOc1c(C)cc(C(C)(C)C)cc1Br. The van der Waals surface area contributed by atoms with Crippen LogP contribution < -0.4 is 9.47 Å². The van der Waals surface area contributed by atoms with Crippen molar-refractivity contribution in [2.24, 2.45) is 0 Å². The van der Waals surface area contributed by atoms with Crippen LogP contribution in [0.5, 0.6) is 11.5 Å². The van der Waals surface area contributed by atoms with Crippen LogP contribution in [0.1, 0.15) is 70.2 Å². The van der Waals surface area contributed by atoms with Crippen LogP contribution in [0.25, 0.3) is 0 Å². The fraction of sp³-hybridized carbons (Fsp3) is 0.520. The Morgan fingerprint density at radius 2 is 1.00 bits per heavy atom. The van der Waals surface area contributed by atoms with E-state index in [-0.39, 0.29) is 10.8 Å². The van der Waals surface area contributed by atoms with E-state index in [4.69, 9.17) is 9.47 Å². The monoisotopic (exact) mass is 524 g/mol. The van der Waals surface area contributed by atoms with Crippen molar-refractivity contribution in [3.63, 3.8) is 0 Å². The summed E-state index contributed by atoms with van der Waals surface area (Å²) < 4.78 is 14.1. The van der Waals surface area contributed by atoms with E-state index in [1.807, 2.05) is 0 Å². The molecular weight excluding hydrogens is 492 g/mol. The molecule has 0 spiro atoms. The second-order valence-electron chi connectivity index (χ2n) is 9.76. The van der Waals surface area contributed by atoms with Gasteiger partial charge in [0.25, 0.3) is 0 Å². The molecule has 0 saturated heterocycles. The molecule has 0 aliphatic rings. The summed E-state index contributed by atoms with van der Waals surface area (Å²) in [7, 11) is 0. The van der Waals surface area contributed by atoms with E-state index in [1.54, 1.807) is 0 Å². The average molecular weight is 526 g/mol. The molecular formula is C25H34Br2O2.